The van der Waals surface area contributed by atoms with Crippen LogP contribution in [0.3, 0.4) is 0 Å². The number of nitrogens with one attached hydrogen (secondary N) is 1. The van der Waals surface area contributed by atoms with Crippen LogP contribution in [0.15, 0.2) is 42.5 Å². The van der Waals surface area contributed by atoms with Gasteiger partial charge in [0.25, 0.3) is 0 Å². The minimum absolute atomic E-state index is 0.162. The van der Waals surface area contributed by atoms with Crippen LogP contribution in [0, 0.1) is 0 Å². The van der Waals surface area contributed by atoms with Gasteiger partial charge in [-0.15, -0.1) is 0 Å². The van der Waals surface area contributed by atoms with Crippen molar-refractivity contribution in [3.63, 3.8) is 0 Å². The van der Waals surface area contributed by atoms with Crippen molar-refractivity contribution in [3.05, 3.63) is 58.1 Å². The van der Waals surface area contributed by atoms with Gasteiger partial charge < -0.3 is 10.1 Å². The van der Waals surface area contributed by atoms with E-state index in [1.807, 2.05) is 0 Å². The van der Waals surface area contributed by atoms with E-state index in [4.69, 9.17) is 27.9 Å². The molecule has 9 heteroatoms. The molecule has 0 atom stereocenters. The normalized spacial score (nSPS) is 11.1. The van der Waals surface area contributed by atoms with Crippen LogP contribution in [0.2, 0.25) is 10.0 Å². The van der Waals surface area contributed by atoms with Gasteiger partial charge >= 0.3 is 0 Å². The van der Waals surface area contributed by atoms with Crippen LogP contribution in [-0.4, -0.2) is 34.2 Å². The summed E-state index contributed by atoms with van der Waals surface area (Å²) in [5, 5.41) is 3.57. The van der Waals surface area contributed by atoms with E-state index in [1.54, 1.807) is 42.5 Å². The summed E-state index contributed by atoms with van der Waals surface area (Å²) in [5.74, 6) is 0.126. The van der Waals surface area contributed by atoms with E-state index in [0.29, 0.717) is 27.0 Å². The summed E-state index contributed by atoms with van der Waals surface area (Å²) in [6, 6.07) is 11.3. The van der Waals surface area contributed by atoms with Crippen LogP contribution in [-0.2, 0) is 21.4 Å². The summed E-state index contributed by atoms with van der Waals surface area (Å²) in [6.45, 7) is -0.189. The average Bonchev–Trinajstić information content (AvgIpc) is 2.58. The largest absolute Gasteiger partial charge is 0.497 e. The zero-order valence-corrected chi connectivity index (χ0v) is 16.5. The van der Waals surface area contributed by atoms with E-state index in [2.05, 4.69) is 5.32 Å². The van der Waals surface area contributed by atoms with Crippen LogP contribution in [0.1, 0.15) is 5.56 Å². The molecule has 0 heterocycles. The van der Waals surface area contributed by atoms with Gasteiger partial charge in [-0.2, -0.15) is 0 Å². The molecule has 0 aliphatic carbocycles. The second kappa shape index (κ2) is 8.62. The fraction of sp³-hybridized carbons (Fsp3) is 0.235. The molecule has 6 nitrogen and oxygen atoms in total. The Bertz CT molecular complexity index is 886. The smallest absolute Gasteiger partial charge is 0.241 e. The molecule has 0 radical (unpaired) electrons. The Morgan fingerprint density at radius 1 is 1.15 bits per heavy atom. The zero-order valence-electron chi connectivity index (χ0n) is 14.2. The van der Waals surface area contributed by atoms with Gasteiger partial charge in [0.2, 0.25) is 15.9 Å². The average molecular weight is 417 g/mol. The third-order valence-corrected chi connectivity index (χ3v) is 5.27. The Labute approximate surface area is 162 Å². The molecule has 1 amide bonds. The van der Waals surface area contributed by atoms with Crippen molar-refractivity contribution in [3.8, 4) is 5.75 Å². The van der Waals surface area contributed by atoms with Gasteiger partial charge in [0.1, 0.15) is 12.3 Å². The van der Waals surface area contributed by atoms with E-state index in [1.165, 1.54) is 7.11 Å². The Morgan fingerprint density at radius 2 is 1.81 bits per heavy atom. The fourth-order valence-corrected chi connectivity index (χ4v) is 3.53. The van der Waals surface area contributed by atoms with E-state index in [9.17, 15) is 13.2 Å². The molecule has 0 saturated heterocycles. The molecule has 2 rings (SSSR count). The maximum Gasteiger partial charge on any atom is 0.241 e. The molecule has 1 N–H and O–H groups in total. The molecular weight excluding hydrogens is 399 g/mol. The summed E-state index contributed by atoms with van der Waals surface area (Å²) in [6.07, 6.45) is 1.04. The highest BCUT2D eigenvalue weighted by atomic mass is 35.5. The molecule has 140 valence electrons. The molecule has 2 aromatic carbocycles. The Balaban J connectivity index is 2.09. The summed E-state index contributed by atoms with van der Waals surface area (Å²) in [4.78, 5) is 12.2. The maximum absolute atomic E-state index is 12.2. The number of benzene rings is 2. The van der Waals surface area contributed by atoms with Gasteiger partial charge in [-0.25, -0.2) is 8.42 Å². The minimum Gasteiger partial charge on any atom is -0.497 e. The fourth-order valence-electron chi connectivity index (χ4n) is 2.19. The van der Waals surface area contributed by atoms with E-state index in [-0.39, 0.29) is 13.1 Å². The van der Waals surface area contributed by atoms with Crippen molar-refractivity contribution in [1.29, 1.82) is 0 Å². The van der Waals surface area contributed by atoms with Crippen molar-refractivity contribution in [1.82, 2.24) is 5.32 Å². The third-order valence-electron chi connectivity index (χ3n) is 3.54. The summed E-state index contributed by atoms with van der Waals surface area (Å²) < 4.78 is 30.2. The van der Waals surface area contributed by atoms with Gasteiger partial charge in [0.15, 0.2) is 0 Å². The predicted molar refractivity (Wildman–Crippen MR) is 103 cm³/mol. The van der Waals surface area contributed by atoms with Crippen molar-refractivity contribution in [2.75, 3.05) is 24.2 Å². The van der Waals surface area contributed by atoms with Gasteiger partial charge in [0.05, 0.1) is 19.1 Å². The topological polar surface area (TPSA) is 75.7 Å². The second-order valence-electron chi connectivity index (χ2n) is 5.48. The lowest BCUT2D eigenvalue weighted by Crippen LogP contribution is -2.40. The second-order valence-corrected chi connectivity index (χ2v) is 8.23. The number of ether oxygens (including phenoxy) is 1. The van der Waals surface area contributed by atoms with E-state index in [0.717, 1.165) is 10.6 Å². The number of anilines is 1. The Hall–Kier alpha value is -1.96. The van der Waals surface area contributed by atoms with Crippen molar-refractivity contribution in [2.45, 2.75) is 6.54 Å². The zero-order chi connectivity index (χ0) is 19.3. The number of methoxy groups -OCH3 is 1. The van der Waals surface area contributed by atoms with Crippen LogP contribution in [0.4, 0.5) is 5.69 Å². The first-order valence-electron chi connectivity index (χ1n) is 7.53. The SMILES string of the molecule is COc1ccc(N(CC(=O)NCc2ccc(Cl)cc2Cl)S(C)(=O)=O)cc1. The summed E-state index contributed by atoms with van der Waals surface area (Å²) in [5.41, 5.74) is 1.05. The maximum atomic E-state index is 12.2. The van der Waals surface area contributed by atoms with Gasteiger partial charge in [-0.1, -0.05) is 29.3 Å². The number of sulfonamides is 1. The lowest BCUT2D eigenvalue weighted by atomic mass is 10.2. The van der Waals surface area contributed by atoms with Crippen LogP contribution < -0.4 is 14.4 Å². The summed E-state index contributed by atoms with van der Waals surface area (Å²) in [7, 11) is -2.13. The first-order valence-corrected chi connectivity index (χ1v) is 10.1. The molecule has 0 aliphatic heterocycles. The quantitative estimate of drug-likeness (QED) is 0.752. The molecule has 26 heavy (non-hydrogen) atoms. The molecule has 0 fully saturated rings. The number of carbonyl (C=O) groups excluding carboxylic acids is 1. The number of nitrogens with zero attached hydrogens (tertiary/aromatic N) is 1. The minimum atomic E-state index is -3.64. The van der Waals surface area contributed by atoms with E-state index >= 15 is 0 Å². The number of rotatable bonds is 7. The predicted octanol–water partition coefficient (Wildman–Crippen LogP) is 3.08. The standard InChI is InChI=1S/C17H18Cl2N2O4S/c1-25-15-7-5-14(6-8-15)21(26(2,23)24)11-17(22)20-10-12-3-4-13(18)9-16(12)19/h3-9H,10-11H2,1-2H3,(H,20,22). The first-order chi connectivity index (χ1) is 12.2. The van der Waals surface area contributed by atoms with Gasteiger partial charge in [-0.05, 0) is 42.0 Å². The monoisotopic (exact) mass is 416 g/mol. The highest BCUT2D eigenvalue weighted by Gasteiger charge is 2.21. The molecular formula is C17H18Cl2N2O4S. The number of carbonyl (C=O) groups is 1. The Kier molecular flexibility index (Phi) is 6.75. The summed E-state index contributed by atoms with van der Waals surface area (Å²) >= 11 is 11.9. The third kappa shape index (κ3) is 5.52. The number of amides is 1. The molecule has 0 aliphatic rings. The Morgan fingerprint density at radius 3 is 2.35 bits per heavy atom. The first kappa shape index (κ1) is 20.4. The number of halogens is 2. The molecule has 0 unspecified atom stereocenters. The highest BCUT2D eigenvalue weighted by molar-refractivity contribution is 7.92. The highest BCUT2D eigenvalue weighted by Crippen LogP contribution is 2.22. The van der Waals surface area contributed by atoms with Crippen molar-refractivity contribution in [2.24, 2.45) is 0 Å². The molecule has 0 spiro atoms. The van der Waals surface area contributed by atoms with Crippen molar-refractivity contribution < 1.29 is 17.9 Å². The van der Waals surface area contributed by atoms with Gasteiger partial charge in [0, 0.05) is 16.6 Å². The molecule has 0 saturated carbocycles. The van der Waals surface area contributed by atoms with Crippen molar-refractivity contribution >= 4 is 44.8 Å². The van der Waals surface area contributed by atoms with Gasteiger partial charge in [-0.3, -0.25) is 9.10 Å². The van der Waals surface area contributed by atoms with Crippen LogP contribution >= 0.6 is 23.2 Å². The van der Waals surface area contributed by atoms with Crippen LogP contribution in [0.25, 0.3) is 0 Å². The molecule has 2 aromatic rings. The van der Waals surface area contributed by atoms with Crippen LogP contribution in [0.5, 0.6) is 5.75 Å². The van der Waals surface area contributed by atoms with E-state index < -0.39 is 15.9 Å². The number of hydrogen-bond acceptors (Lipinski definition) is 4. The lowest BCUT2D eigenvalue weighted by Gasteiger charge is -2.22. The number of hydrogen-bond donors (Lipinski definition) is 1. The molecule has 0 aromatic heterocycles. The lowest BCUT2D eigenvalue weighted by molar-refractivity contribution is -0.119. The molecule has 0 bridgehead atoms.